The Hall–Kier alpha value is -3.58. The monoisotopic (exact) mass is 503 g/mol. The number of esters is 1. The number of benzene rings is 2. The van der Waals surface area contributed by atoms with Crippen molar-refractivity contribution in [3.63, 3.8) is 0 Å². The second kappa shape index (κ2) is 11.2. The Kier molecular flexibility index (Phi) is 7.60. The number of carbonyl (C=O) groups excluding carboxylic acids is 2. The van der Waals surface area contributed by atoms with Gasteiger partial charge in [-0.25, -0.2) is 4.79 Å². The summed E-state index contributed by atoms with van der Waals surface area (Å²) in [4.78, 5) is 26.7. The molecule has 1 N–H and O–H groups in total. The summed E-state index contributed by atoms with van der Waals surface area (Å²) in [5.74, 6) is -0.150. The topological polar surface area (TPSA) is 83.1 Å². The van der Waals surface area contributed by atoms with Gasteiger partial charge in [-0.1, -0.05) is 42.5 Å². The number of fused-ring (bicyclic) bond motifs is 1. The Morgan fingerprint density at radius 1 is 1.11 bits per heavy atom. The molecule has 1 aliphatic carbocycles. The zero-order valence-electron chi connectivity index (χ0n) is 21.3. The van der Waals surface area contributed by atoms with Gasteiger partial charge in [0.15, 0.2) is 11.5 Å². The molecule has 3 unspecified atom stereocenters. The minimum Gasteiger partial charge on any atom is -0.493 e. The maximum atomic E-state index is 13.4. The molecule has 1 saturated heterocycles. The predicted molar refractivity (Wildman–Crippen MR) is 138 cm³/mol. The number of ketones is 1. The molecule has 37 heavy (non-hydrogen) atoms. The molecule has 7 heteroatoms. The van der Waals surface area contributed by atoms with Crippen LogP contribution in [-0.2, 0) is 25.7 Å². The molecule has 0 radical (unpaired) electrons. The lowest BCUT2D eigenvalue weighted by Crippen LogP contribution is -2.41. The molecule has 0 spiro atoms. The zero-order valence-corrected chi connectivity index (χ0v) is 21.3. The molecular weight excluding hydrogens is 470 g/mol. The number of methoxy groups -OCH3 is 1. The molecule has 0 bridgehead atoms. The Morgan fingerprint density at radius 2 is 1.95 bits per heavy atom. The minimum atomic E-state index is -0.491. The van der Waals surface area contributed by atoms with Crippen molar-refractivity contribution in [1.29, 1.82) is 0 Å². The van der Waals surface area contributed by atoms with Gasteiger partial charge in [-0.15, -0.1) is 0 Å². The van der Waals surface area contributed by atoms with E-state index in [1.54, 1.807) is 7.11 Å². The molecule has 7 nitrogen and oxygen atoms in total. The van der Waals surface area contributed by atoms with E-state index in [-0.39, 0.29) is 18.5 Å². The van der Waals surface area contributed by atoms with Crippen molar-refractivity contribution in [1.82, 2.24) is 5.32 Å². The first kappa shape index (κ1) is 25.1. The van der Waals surface area contributed by atoms with Gasteiger partial charge in [-0.3, -0.25) is 4.79 Å². The van der Waals surface area contributed by atoms with Crippen LogP contribution < -0.4 is 14.8 Å². The SMILES string of the molecule is COc1cc(C2C(C(=O)OCC3CCCO3)=C(C)NC3=CCCC(=O)C32)ccc1OCc1ccccc1. The van der Waals surface area contributed by atoms with Crippen molar-refractivity contribution in [3.05, 3.63) is 82.7 Å². The molecule has 3 atom stereocenters. The highest BCUT2D eigenvalue weighted by Gasteiger charge is 2.43. The number of nitrogens with one attached hydrogen (secondary N) is 1. The van der Waals surface area contributed by atoms with Gasteiger partial charge in [0.1, 0.15) is 19.0 Å². The summed E-state index contributed by atoms with van der Waals surface area (Å²) in [6.07, 6.45) is 4.96. The highest BCUT2D eigenvalue weighted by atomic mass is 16.6. The Bertz CT molecular complexity index is 1210. The summed E-state index contributed by atoms with van der Waals surface area (Å²) < 4.78 is 23.1. The van der Waals surface area contributed by atoms with Crippen molar-refractivity contribution in [2.45, 2.75) is 51.2 Å². The summed E-state index contributed by atoms with van der Waals surface area (Å²) in [5, 5.41) is 3.32. The number of ether oxygens (including phenoxy) is 4. The number of carbonyl (C=O) groups is 2. The van der Waals surface area contributed by atoms with Gasteiger partial charge in [0.05, 0.1) is 24.7 Å². The Morgan fingerprint density at radius 3 is 2.70 bits per heavy atom. The molecule has 194 valence electrons. The van der Waals surface area contributed by atoms with Crippen LogP contribution in [0.5, 0.6) is 11.5 Å². The molecule has 2 aromatic carbocycles. The first-order valence-electron chi connectivity index (χ1n) is 12.9. The van der Waals surface area contributed by atoms with E-state index in [0.29, 0.717) is 48.8 Å². The third-order valence-electron chi connectivity index (χ3n) is 7.25. The molecule has 0 saturated carbocycles. The maximum Gasteiger partial charge on any atom is 0.336 e. The standard InChI is InChI=1S/C30H33NO6/c1-19-27(30(33)37-18-22-10-7-15-35-22)28(29-23(31-19)11-6-12-24(29)32)21-13-14-25(26(16-21)34-2)36-17-20-8-4-3-5-9-20/h3-5,8-9,11,13-14,16,22,28-29,31H,6-7,10,12,15,17-18H2,1-2H3. The predicted octanol–water partition coefficient (Wildman–Crippen LogP) is 4.82. The fourth-order valence-electron chi connectivity index (χ4n) is 5.40. The van der Waals surface area contributed by atoms with Gasteiger partial charge >= 0.3 is 5.97 Å². The quantitative estimate of drug-likeness (QED) is 0.517. The van der Waals surface area contributed by atoms with Crippen molar-refractivity contribution in [2.75, 3.05) is 20.3 Å². The lowest BCUT2D eigenvalue weighted by atomic mass is 9.71. The summed E-state index contributed by atoms with van der Waals surface area (Å²) in [6.45, 7) is 3.16. The van der Waals surface area contributed by atoms with Gasteiger partial charge < -0.3 is 24.3 Å². The highest BCUT2D eigenvalue weighted by molar-refractivity contribution is 5.96. The van der Waals surface area contributed by atoms with Crippen molar-refractivity contribution < 1.29 is 28.5 Å². The van der Waals surface area contributed by atoms with E-state index >= 15 is 0 Å². The molecule has 0 amide bonds. The van der Waals surface area contributed by atoms with Gasteiger partial charge in [0.2, 0.25) is 0 Å². The third kappa shape index (κ3) is 5.42. The first-order valence-corrected chi connectivity index (χ1v) is 12.9. The van der Waals surface area contributed by atoms with Crippen LogP contribution in [0.15, 0.2) is 71.6 Å². The average Bonchev–Trinajstić information content (AvgIpc) is 3.44. The van der Waals surface area contributed by atoms with E-state index in [4.69, 9.17) is 18.9 Å². The van der Waals surface area contributed by atoms with E-state index in [2.05, 4.69) is 11.4 Å². The second-order valence-electron chi connectivity index (χ2n) is 9.70. The zero-order chi connectivity index (χ0) is 25.8. The lowest BCUT2D eigenvalue weighted by molar-refractivity contribution is -0.143. The van der Waals surface area contributed by atoms with Crippen LogP contribution in [0, 0.1) is 5.92 Å². The molecular formula is C30H33NO6. The summed E-state index contributed by atoms with van der Waals surface area (Å²) in [5.41, 5.74) is 3.86. The molecule has 2 heterocycles. The van der Waals surface area contributed by atoms with Crippen molar-refractivity contribution >= 4 is 11.8 Å². The Balaban J connectivity index is 1.46. The minimum absolute atomic E-state index is 0.0761. The van der Waals surface area contributed by atoms with Crippen molar-refractivity contribution in [3.8, 4) is 11.5 Å². The molecule has 2 aromatic rings. The van der Waals surface area contributed by atoms with Crippen molar-refractivity contribution in [2.24, 2.45) is 5.92 Å². The van der Waals surface area contributed by atoms with E-state index in [1.807, 2.05) is 55.5 Å². The number of hydrogen-bond donors (Lipinski definition) is 1. The maximum absolute atomic E-state index is 13.4. The normalized spacial score (nSPS) is 23.1. The van der Waals surface area contributed by atoms with Crippen LogP contribution in [-0.4, -0.2) is 38.2 Å². The molecule has 0 aromatic heterocycles. The third-order valence-corrected chi connectivity index (χ3v) is 7.25. The summed E-state index contributed by atoms with van der Waals surface area (Å²) in [6, 6.07) is 15.5. The smallest absolute Gasteiger partial charge is 0.336 e. The van der Waals surface area contributed by atoms with Gasteiger partial charge in [0, 0.05) is 30.3 Å². The summed E-state index contributed by atoms with van der Waals surface area (Å²) in [7, 11) is 1.59. The summed E-state index contributed by atoms with van der Waals surface area (Å²) >= 11 is 0. The van der Waals surface area contributed by atoms with Gasteiger partial charge in [0.25, 0.3) is 0 Å². The van der Waals surface area contributed by atoms with Crippen LogP contribution >= 0.6 is 0 Å². The lowest BCUT2D eigenvalue weighted by Gasteiger charge is -2.38. The number of hydrogen-bond acceptors (Lipinski definition) is 7. The van der Waals surface area contributed by atoms with E-state index in [9.17, 15) is 9.59 Å². The molecule has 5 rings (SSSR count). The van der Waals surface area contributed by atoms with E-state index in [0.717, 1.165) is 29.7 Å². The molecule has 3 aliphatic rings. The van der Waals surface area contributed by atoms with Gasteiger partial charge in [-0.05, 0) is 49.4 Å². The van der Waals surface area contributed by atoms with E-state index in [1.165, 1.54) is 0 Å². The van der Waals surface area contributed by atoms with Crippen LogP contribution in [0.2, 0.25) is 0 Å². The largest absolute Gasteiger partial charge is 0.493 e. The number of Topliss-reactive ketones (excluding diaryl/α,β-unsaturated/α-hetero) is 1. The van der Waals surface area contributed by atoms with Crippen LogP contribution in [0.25, 0.3) is 0 Å². The Labute approximate surface area is 217 Å². The molecule has 1 fully saturated rings. The average molecular weight is 504 g/mol. The van der Waals surface area contributed by atoms with E-state index < -0.39 is 17.8 Å². The fraction of sp³-hybridized carbons (Fsp3) is 0.400. The molecule has 2 aliphatic heterocycles. The van der Waals surface area contributed by atoms with Crippen LogP contribution in [0.4, 0.5) is 0 Å². The first-order chi connectivity index (χ1) is 18.0. The van der Waals surface area contributed by atoms with Crippen LogP contribution in [0.1, 0.15) is 49.7 Å². The highest BCUT2D eigenvalue weighted by Crippen LogP contribution is 2.45. The number of allylic oxidation sites excluding steroid dienone is 3. The second-order valence-corrected chi connectivity index (χ2v) is 9.70. The number of rotatable bonds is 8. The van der Waals surface area contributed by atoms with Crippen LogP contribution in [0.3, 0.4) is 0 Å². The fourth-order valence-corrected chi connectivity index (χ4v) is 5.40. The van der Waals surface area contributed by atoms with Gasteiger partial charge in [-0.2, -0.15) is 0 Å².